The molecule has 2 saturated heterocycles. The zero-order chi connectivity index (χ0) is 97.4. The molecule has 6 heterocycles. The van der Waals surface area contributed by atoms with Crippen molar-refractivity contribution in [3.8, 4) is 47.8 Å². The zero-order valence-corrected chi connectivity index (χ0v) is 78.8. The number of hydrogen-bond donors (Lipinski definition) is 7. The summed E-state index contributed by atoms with van der Waals surface area (Å²) in [6.45, 7) is -10.3. The summed E-state index contributed by atoms with van der Waals surface area (Å²) in [5.74, 6) is -0.500. The monoisotopic (exact) mass is 2160 g/mol. The Morgan fingerprint density at radius 2 is 0.741 bits per heavy atom. The van der Waals surface area contributed by atoms with Gasteiger partial charge in [-0.15, -0.1) is 11.6 Å². The highest BCUT2D eigenvalue weighted by molar-refractivity contribution is 9.10. The SMILES string of the molecule is N#CNC(=Nc1cccc(OC(F)F)c1)N1CC(N)C(c2ccc(Cl)c(Cl)c2)=N1.N#CNC(=Nc1cccc(OC(F)F)c1)N1CC(N2CCC(Br)C2=O)C(c2ccc(Cl)c(Cl)c2)=N1.N#CNC(=Nc1cccc(OC(F)F)c1)N1CC(N2CCC(N)C2=O)C(c2ccc(Cl)c(Cl)c2)=N1.N#CNC(=Nc1cccc(OC(F)F)c1)N1CC(NC(=O)C(Br)CCCl)C(c2ccc(Cl)c(Cl)c2)=N1. The van der Waals surface area contributed by atoms with E-state index in [2.05, 4.69) is 118 Å². The largest absolute Gasteiger partial charge is 0.435 e. The fourth-order valence-corrected chi connectivity index (χ4v) is 16.0. The summed E-state index contributed by atoms with van der Waals surface area (Å²) in [7, 11) is 0. The molecule has 0 radical (unpaired) electrons. The van der Waals surface area contributed by atoms with Crippen LogP contribution in [-0.4, -0.2) is 206 Å². The van der Waals surface area contributed by atoms with Crippen LogP contribution in [0.1, 0.15) is 41.5 Å². The first kappa shape index (κ1) is 104. The Morgan fingerprint density at radius 1 is 0.430 bits per heavy atom. The number of nitriles is 4. The Hall–Kier alpha value is -12.0. The third-order valence-corrected chi connectivity index (χ3v) is 24.3. The van der Waals surface area contributed by atoms with E-state index in [1.54, 1.807) is 119 Å². The first-order chi connectivity index (χ1) is 64.6. The minimum Gasteiger partial charge on any atom is -0.435 e. The minimum atomic E-state index is -3.00. The number of nitrogens with one attached hydrogen (secondary N) is 5. The highest BCUT2D eigenvalue weighted by Gasteiger charge is 2.44. The lowest BCUT2D eigenvalue weighted by Crippen LogP contribution is -2.47. The Bertz CT molecular complexity index is 5950. The predicted octanol–water partition coefficient (Wildman–Crippen LogP) is 17.0. The average molecular weight is 2170 g/mol. The fraction of sp³-hybridized carbons (Fsp3) is 0.250. The van der Waals surface area contributed by atoms with E-state index in [0.29, 0.717) is 118 Å². The molecule has 7 atom stereocenters. The van der Waals surface area contributed by atoms with E-state index < -0.39 is 61.5 Å². The minimum absolute atomic E-state index is 0.00263. The van der Waals surface area contributed by atoms with Gasteiger partial charge in [-0.2, -0.15) is 76.6 Å². The molecule has 135 heavy (non-hydrogen) atoms. The Morgan fingerprint density at radius 3 is 1.05 bits per heavy atom. The molecule has 51 heteroatoms. The first-order valence-corrected chi connectivity index (χ1v) is 44.7. The molecule has 0 aliphatic carbocycles. The summed E-state index contributed by atoms with van der Waals surface area (Å²) < 4.78 is 118. The Labute approximate surface area is 825 Å². The number of carbonyl (C=O) groups excluding carboxylic acids is 3. The molecule has 8 aromatic rings. The van der Waals surface area contributed by atoms with Gasteiger partial charge in [0.25, 0.3) is 0 Å². The van der Waals surface area contributed by atoms with E-state index in [9.17, 15) is 65.3 Å². The topological polar surface area (TPSA) is 414 Å². The highest BCUT2D eigenvalue weighted by Crippen LogP contribution is 2.36. The van der Waals surface area contributed by atoms with E-state index in [1.165, 1.54) is 98.9 Å². The summed E-state index contributed by atoms with van der Waals surface area (Å²) in [5, 5.41) is 76.3. The summed E-state index contributed by atoms with van der Waals surface area (Å²) in [4.78, 5) is 58.0. The van der Waals surface area contributed by atoms with Crippen LogP contribution in [0.5, 0.6) is 23.0 Å². The van der Waals surface area contributed by atoms with Gasteiger partial charge < -0.3 is 45.5 Å². The molecule has 7 unspecified atom stereocenters. The number of likely N-dealkylation sites (tertiary alicyclic amines) is 2. The molecule has 0 spiro atoms. The lowest BCUT2D eigenvalue weighted by atomic mass is 10.0. The van der Waals surface area contributed by atoms with Crippen LogP contribution in [0.25, 0.3) is 0 Å². The van der Waals surface area contributed by atoms with Gasteiger partial charge in [-0.25, -0.2) is 40.0 Å². The van der Waals surface area contributed by atoms with E-state index in [4.69, 9.17) is 121 Å². The van der Waals surface area contributed by atoms with Crippen LogP contribution in [0.2, 0.25) is 40.2 Å². The molecule has 2 fully saturated rings. The number of hydrogen-bond acceptors (Lipinski definition) is 21. The predicted molar refractivity (Wildman–Crippen MR) is 503 cm³/mol. The Kier molecular flexibility index (Phi) is 37.6. The third-order valence-electron chi connectivity index (χ3n) is 19.4. The number of hydrazone groups is 4. The normalized spacial score (nSPS) is 18.5. The summed E-state index contributed by atoms with van der Waals surface area (Å²) in [6.07, 6.45) is 8.71. The van der Waals surface area contributed by atoms with Gasteiger partial charge in [0.05, 0.1) is 152 Å². The van der Waals surface area contributed by atoms with Crippen molar-refractivity contribution >= 4 is 223 Å². The number of halogens is 19. The van der Waals surface area contributed by atoms with Crippen molar-refractivity contribution in [2.24, 2.45) is 51.8 Å². The van der Waals surface area contributed by atoms with Crippen molar-refractivity contribution in [2.75, 3.05) is 45.1 Å². The molecule has 32 nitrogen and oxygen atoms in total. The lowest BCUT2D eigenvalue weighted by molar-refractivity contribution is -0.129. The van der Waals surface area contributed by atoms with Crippen molar-refractivity contribution in [1.82, 2.24) is 56.4 Å². The van der Waals surface area contributed by atoms with Crippen LogP contribution in [0.4, 0.5) is 57.9 Å². The second-order valence-electron chi connectivity index (χ2n) is 28.3. The van der Waals surface area contributed by atoms with E-state index in [-0.39, 0.29) is 124 Å². The van der Waals surface area contributed by atoms with E-state index in [1.807, 2.05) is 6.19 Å². The van der Waals surface area contributed by atoms with Gasteiger partial charge >= 0.3 is 26.4 Å². The molecular formula is C84H68Br2Cl9F8N25O7. The molecule has 0 aromatic heterocycles. The summed E-state index contributed by atoms with van der Waals surface area (Å²) in [5.41, 5.74) is 17.7. The third kappa shape index (κ3) is 28.3. The second-order valence-corrected chi connectivity index (χ2v) is 34.2. The molecule has 3 amide bonds. The molecule has 6 aliphatic heterocycles. The summed E-state index contributed by atoms with van der Waals surface area (Å²) in [6, 6.07) is 40.1. The zero-order valence-electron chi connectivity index (χ0n) is 68.8. The van der Waals surface area contributed by atoms with Gasteiger partial charge in [0.2, 0.25) is 41.6 Å². The van der Waals surface area contributed by atoms with Gasteiger partial charge in [0, 0.05) is 65.5 Å². The van der Waals surface area contributed by atoms with Gasteiger partial charge in [-0.3, -0.25) is 35.7 Å². The van der Waals surface area contributed by atoms with Gasteiger partial charge in [-0.1, -0.05) is 173 Å². The maximum atomic E-state index is 12.8. The van der Waals surface area contributed by atoms with Gasteiger partial charge in [0.15, 0.2) is 24.8 Å². The molecule has 704 valence electrons. The highest BCUT2D eigenvalue weighted by atomic mass is 79.9. The number of amides is 3. The van der Waals surface area contributed by atoms with Crippen molar-refractivity contribution in [3.05, 3.63) is 232 Å². The molecule has 0 bridgehead atoms. The first-order valence-electron chi connectivity index (χ1n) is 39.3. The smallest absolute Gasteiger partial charge is 0.387 e. The van der Waals surface area contributed by atoms with Crippen LogP contribution in [-0.2, 0) is 14.4 Å². The van der Waals surface area contributed by atoms with Crippen molar-refractivity contribution in [2.45, 2.75) is 85.6 Å². The number of nitrogens with zero attached hydrogens (tertiary/aromatic N) is 18. The van der Waals surface area contributed by atoms with Gasteiger partial charge in [0.1, 0.15) is 23.0 Å². The van der Waals surface area contributed by atoms with Gasteiger partial charge in [-0.05, 0) is 116 Å². The number of rotatable bonds is 22. The van der Waals surface area contributed by atoms with Crippen LogP contribution in [0.3, 0.4) is 0 Å². The van der Waals surface area contributed by atoms with Crippen LogP contribution < -0.4 is 57.0 Å². The summed E-state index contributed by atoms with van der Waals surface area (Å²) >= 11 is 61.3. The van der Waals surface area contributed by atoms with Crippen molar-refractivity contribution in [3.63, 3.8) is 0 Å². The molecule has 6 aliphatic rings. The van der Waals surface area contributed by atoms with Crippen molar-refractivity contribution in [1.29, 1.82) is 21.0 Å². The molecule has 8 aromatic carbocycles. The number of ether oxygens (including phenoxy) is 4. The molecule has 9 N–H and O–H groups in total. The molecule has 0 saturated carbocycles. The average Bonchev–Trinajstić information content (AvgIpc) is 1.63. The fourth-order valence-electron chi connectivity index (χ4n) is 13.5. The van der Waals surface area contributed by atoms with E-state index in [0.717, 1.165) is 0 Å². The maximum absolute atomic E-state index is 12.8. The number of guanidine groups is 4. The number of benzene rings is 8. The number of aliphatic imine (C=N–C) groups is 4. The van der Waals surface area contributed by atoms with Crippen LogP contribution in [0.15, 0.2) is 210 Å². The van der Waals surface area contributed by atoms with Crippen molar-refractivity contribution < 1.29 is 68.5 Å². The van der Waals surface area contributed by atoms with Crippen LogP contribution in [0, 0.1) is 45.8 Å². The number of alkyl halides is 11. The number of carbonyl (C=O) groups is 3. The lowest BCUT2D eigenvalue weighted by Gasteiger charge is -2.26. The maximum Gasteiger partial charge on any atom is 0.387 e. The quantitative estimate of drug-likeness (QED) is 0.00827. The van der Waals surface area contributed by atoms with E-state index >= 15 is 0 Å². The Balaban J connectivity index is 0.000000174. The standard InChI is InChI=1S/C22H18BrCl3F2N6O2.C22H17BrCl2F2N6O2.C22H19Cl2F2N7O2.C18H14Cl2F2N6O/c23-15(6-7-24)20(35)32-18-10-34(33-19(18)12-4-5-16(25)17(26)8-12)22(30-11-29)31-13-2-1-3-14(9-13)36-21(27)28;23-15-6-7-32(20(15)34)18-10-33(31-19(18)12-4-5-16(24)17(25)8-12)22(29-11-28)30-13-2-1-3-14(9-13)35-21(26)27;23-15-5-4-12(8-16(15)24)19-18(32-7-6-17(28)20(32)34)10-33(31-19)22(29-11-27)30-13-2-1-3-14(9-13)35-21(25)26;19-13-5-4-10(6-14(13)20)16-15(24)8-28(27-16)18(25-9-23)26-11-2-1-3-12(7-11)29-17(21)22/h1-5,8-9,15,18,21H,6-7,10H2,(H,30,31)(H,32,35);1-5,8-9,15,18,21H,6-7,10H2,(H,29,30);1-5,8-9,17-18,21H,6-7,10,28H2,(H,29,30);1-7,15,17H,8,24H2,(H,25,26). The number of nitrogens with two attached hydrogens (primary N) is 2. The second kappa shape index (κ2) is 49.0. The van der Waals surface area contributed by atoms with Crippen LogP contribution >= 0.6 is 136 Å². The molecular weight excluding hydrogens is 2100 g/mol. The molecule has 14 rings (SSSR count).